The van der Waals surface area contributed by atoms with Crippen molar-refractivity contribution in [3.63, 3.8) is 0 Å². The zero-order valence-corrected chi connectivity index (χ0v) is 21.2. The molecule has 1 aliphatic rings. The summed E-state index contributed by atoms with van der Waals surface area (Å²) < 4.78 is 2.34. The van der Waals surface area contributed by atoms with Gasteiger partial charge in [-0.3, -0.25) is 4.79 Å². The minimum atomic E-state index is -0.217. The van der Waals surface area contributed by atoms with E-state index in [2.05, 4.69) is 68.8 Å². The number of carbonyl (C=O) groups excluding carboxylic acids is 1. The lowest BCUT2D eigenvalue weighted by atomic mass is 9.95. The van der Waals surface area contributed by atoms with E-state index in [9.17, 15) is 4.79 Å². The minimum absolute atomic E-state index is 0.0681. The molecule has 7 heteroatoms. The average molecular weight is 483 g/mol. The molecule has 0 radical (unpaired) electrons. The van der Waals surface area contributed by atoms with Crippen LogP contribution >= 0.6 is 23.1 Å². The Labute approximate surface area is 205 Å². The van der Waals surface area contributed by atoms with E-state index in [0.29, 0.717) is 6.04 Å². The third-order valence-corrected chi connectivity index (χ3v) is 8.27. The van der Waals surface area contributed by atoms with Gasteiger partial charge in [-0.1, -0.05) is 67.4 Å². The molecule has 0 saturated heterocycles. The summed E-state index contributed by atoms with van der Waals surface area (Å²) in [6, 6.07) is 15.2. The fourth-order valence-corrected chi connectivity index (χ4v) is 6.10. The molecule has 3 aromatic rings. The molecular formula is C26H34N4OS2. The Hall–Kier alpha value is -2.12. The first-order valence-electron chi connectivity index (χ1n) is 12.1. The van der Waals surface area contributed by atoms with Gasteiger partial charge in [0.15, 0.2) is 5.16 Å². The average Bonchev–Trinajstić information content (AvgIpc) is 3.49. The molecule has 1 amide bonds. The summed E-state index contributed by atoms with van der Waals surface area (Å²) in [5, 5.41) is 15.1. The molecule has 0 spiro atoms. The van der Waals surface area contributed by atoms with Gasteiger partial charge >= 0.3 is 0 Å². The fraction of sp³-hybridized carbons (Fsp3) is 0.500. The highest BCUT2D eigenvalue weighted by Crippen LogP contribution is 2.34. The van der Waals surface area contributed by atoms with Crippen molar-refractivity contribution >= 4 is 29.0 Å². The number of rotatable bonds is 10. The molecule has 1 saturated carbocycles. The van der Waals surface area contributed by atoms with E-state index in [1.54, 1.807) is 23.1 Å². The number of thiophene rings is 1. The van der Waals surface area contributed by atoms with Gasteiger partial charge in [0.25, 0.3) is 0 Å². The lowest BCUT2D eigenvalue weighted by molar-refractivity contribution is -0.120. The van der Waals surface area contributed by atoms with E-state index < -0.39 is 0 Å². The molecule has 1 aromatic carbocycles. The normalized spacial score (nSPS) is 16.4. The summed E-state index contributed by atoms with van der Waals surface area (Å²) in [6.07, 6.45) is 8.84. The van der Waals surface area contributed by atoms with Crippen LogP contribution in [0.3, 0.4) is 0 Å². The van der Waals surface area contributed by atoms with Crippen molar-refractivity contribution in [3.05, 3.63) is 64.1 Å². The maximum atomic E-state index is 12.9. The summed E-state index contributed by atoms with van der Waals surface area (Å²) in [5.41, 5.74) is 1.31. The van der Waals surface area contributed by atoms with Crippen molar-refractivity contribution in [2.75, 3.05) is 0 Å². The van der Waals surface area contributed by atoms with Crippen LogP contribution in [0, 0.1) is 0 Å². The SMILES string of the molecule is CC(CCc1ccccc1)NC(=O)C(C)Sc1nnc(Cc2cccs2)n1C1CCCCC1. The van der Waals surface area contributed by atoms with Crippen LogP contribution in [0.15, 0.2) is 53.0 Å². The third kappa shape index (κ3) is 6.70. The molecule has 0 aliphatic heterocycles. The number of hydrogen-bond donors (Lipinski definition) is 1. The number of carbonyl (C=O) groups is 1. The van der Waals surface area contributed by atoms with Crippen molar-refractivity contribution < 1.29 is 4.79 Å². The molecular weight excluding hydrogens is 448 g/mol. The largest absolute Gasteiger partial charge is 0.353 e. The Kier molecular flexibility index (Phi) is 8.62. The van der Waals surface area contributed by atoms with E-state index in [1.165, 1.54) is 42.5 Å². The van der Waals surface area contributed by atoms with Crippen LogP contribution in [0.4, 0.5) is 0 Å². The molecule has 33 heavy (non-hydrogen) atoms. The summed E-state index contributed by atoms with van der Waals surface area (Å²) in [7, 11) is 0. The molecule has 1 fully saturated rings. The summed E-state index contributed by atoms with van der Waals surface area (Å²) in [6.45, 7) is 4.06. The summed E-state index contributed by atoms with van der Waals surface area (Å²) in [5.74, 6) is 1.09. The van der Waals surface area contributed by atoms with E-state index in [-0.39, 0.29) is 17.2 Å². The molecule has 176 valence electrons. The lowest BCUT2D eigenvalue weighted by Gasteiger charge is -2.26. The second kappa shape index (κ2) is 11.8. The van der Waals surface area contributed by atoms with Crippen molar-refractivity contribution in [1.29, 1.82) is 0 Å². The van der Waals surface area contributed by atoms with Crippen molar-refractivity contribution in [3.8, 4) is 0 Å². The van der Waals surface area contributed by atoms with Gasteiger partial charge < -0.3 is 9.88 Å². The van der Waals surface area contributed by atoms with E-state index in [0.717, 1.165) is 30.2 Å². The third-order valence-electron chi connectivity index (χ3n) is 6.34. The zero-order valence-electron chi connectivity index (χ0n) is 19.6. The zero-order chi connectivity index (χ0) is 23.0. The van der Waals surface area contributed by atoms with Gasteiger partial charge in [-0.2, -0.15) is 0 Å². The maximum absolute atomic E-state index is 12.9. The van der Waals surface area contributed by atoms with Gasteiger partial charge in [0.1, 0.15) is 5.82 Å². The Morgan fingerprint density at radius 3 is 2.64 bits per heavy atom. The van der Waals surface area contributed by atoms with Crippen molar-refractivity contribution in [1.82, 2.24) is 20.1 Å². The second-order valence-electron chi connectivity index (χ2n) is 9.01. The topological polar surface area (TPSA) is 59.8 Å². The number of aryl methyl sites for hydroxylation is 1. The second-order valence-corrected chi connectivity index (χ2v) is 11.4. The molecule has 2 aromatic heterocycles. The molecule has 1 N–H and O–H groups in total. The number of hydrogen-bond acceptors (Lipinski definition) is 5. The Balaban J connectivity index is 1.39. The fourth-order valence-electron chi connectivity index (χ4n) is 4.46. The minimum Gasteiger partial charge on any atom is -0.353 e. The van der Waals surface area contributed by atoms with Gasteiger partial charge in [-0.25, -0.2) is 0 Å². The Morgan fingerprint density at radius 2 is 1.91 bits per heavy atom. The highest BCUT2D eigenvalue weighted by atomic mass is 32.2. The number of aromatic nitrogens is 3. The van der Waals surface area contributed by atoms with Gasteiger partial charge in [-0.15, -0.1) is 21.5 Å². The highest BCUT2D eigenvalue weighted by Gasteiger charge is 2.26. The predicted molar refractivity (Wildman–Crippen MR) is 137 cm³/mol. The van der Waals surface area contributed by atoms with E-state index in [4.69, 9.17) is 0 Å². The molecule has 4 rings (SSSR count). The van der Waals surface area contributed by atoms with Crippen LogP contribution in [-0.2, 0) is 17.6 Å². The van der Waals surface area contributed by atoms with Crippen LogP contribution in [-0.4, -0.2) is 32.0 Å². The van der Waals surface area contributed by atoms with Crippen molar-refractivity contribution in [2.24, 2.45) is 0 Å². The Bertz CT molecular complexity index is 997. The number of nitrogens with zero attached hydrogens (tertiary/aromatic N) is 3. The summed E-state index contributed by atoms with van der Waals surface area (Å²) >= 11 is 3.30. The standard InChI is InChI=1S/C26H34N4OS2/c1-19(15-16-21-10-5-3-6-11-21)27-25(31)20(2)33-26-29-28-24(18-23-14-9-17-32-23)30(26)22-12-7-4-8-13-22/h3,5-6,9-11,14,17,19-20,22H,4,7-8,12-13,15-16,18H2,1-2H3,(H,27,31). The van der Waals surface area contributed by atoms with Crippen LogP contribution < -0.4 is 5.32 Å². The summed E-state index contributed by atoms with van der Waals surface area (Å²) in [4.78, 5) is 14.2. The van der Waals surface area contributed by atoms with Crippen LogP contribution in [0.5, 0.6) is 0 Å². The molecule has 0 bridgehead atoms. The van der Waals surface area contributed by atoms with Gasteiger partial charge in [-0.05, 0) is 56.5 Å². The number of amides is 1. The number of benzene rings is 1. The first-order chi connectivity index (χ1) is 16.1. The smallest absolute Gasteiger partial charge is 0.233 e. The van der Waals surface area contributed by atoms with E-state index >= 15 is 0 Å². The molecule has 5 nitrogen and oxygen atoms in total. The number of nitrogens with one attached hydrogen (secondary N) is 1. The van der Waals surface area contributed by atoms with Crippen molar-refractivity contribution in [2.45, 2.75) is 87.7 Å². The first-order valence-corrected chi connectivity index (χ1v) is 13.8. The first kappa shape index (κ1) is 24.0. The molecule has 2 atom stereocenters. The predicted octanol–water partition coefficient (Wildman–Crippen LogP) is 6.05. The molecule has 2 unspecified atom stereocenters. The molecule has 2 heterocycles. The molecule has 1 aliphatic carbocycles. The van der Waals surface area contributed by atoms with Crippen LogP contribution in [0.25, 0.3) is 0 Å². The Morgan fingerprint density at radius 1 is 1.12 bits per heavy atom. The van der Waals surface area contributed by atoms with Crippen LogP contribution in [0.1, 0.15) is 74.7 Å². The maximum Gasteiger partial charge on any atom is 0.233 e. The van der Waals surface area contributed by atoms with E-state index in [1.807, 2.05) is 13.0 Å². The van der Waals surface area contributed by atoms with Crippen LogP contribution in [0.2, 0.25) is 0 Å². The monoisotopic (exact) mass is 482 g/mol. The number of thioether (sulfide) groups is 1. The van der Waals surface area contributed by atoms with Gasteiger partial charge in [0.2, 0.25) is 5.91 Å². The quantitative estimate of drug-likeness (QED) is 0.357. The highest BCUT2D eigenvalue weighted by molar-refractivity contribution is 8.00. The van der Waals surface area contributed by atoms with Gasteiger partial charge in [0.05, 0.1) is 5.25 Å². The lowest BCUT2D eigenvalue weighted by Crippen LogP contribution is -2.38. The van der Waals surface area contributed by atoms with Gasteiger partial charge in [0, 0.05) is 23.4 Å².